The number of carbonyl (C=O) groups excluding carboxylic acids is 1. The number of ether oxygens (including phenoxy) is 1. The topological polar surface area (TPSA) is 83.0 Å². The van der Waals surface area contributed by atoms with E-state index in [4.69, 9.17) is 17.4 Å². The molecule has 0 atom stereocenters. The molecule has 212 valence electrons. The molecule has 0 bridgehead atoms. The van der Waals surface area contributed by atoms with E-state index in [1.54, 1.807) is 23.2 Å². The number of fused-ring (bicyclic) bond motifs is 1. The average Bonchev–Trinajstić information content (AvgIpc) is 3.80. The van der Waals surface area contributed by atoms with Crippen molar-refractivity contribution in [1.82, 2.24) is 14.8 Å². The fraction of sp³-hybridized carbons (Fsp3) is 0.414. The molecular formula is C29H29F4N3O4. The van der Waals surface area contributed by atoms with Gasteiger partial charge in [0.15, 0.2) is 0 Å². The molecule has 0 unspecified atom stereocenters. The number of amides is 1. The molecule has 2 saturated heterocycles. The summed E-state index contributed by atoms with van der Waals surface area (Å²) in [5.74, 6) is -3.26. The molecule has 6 rings (SSSR count). The number of aliphatic carboxylic acids is 1. The van der Waals surface area contributed by atoms with Crippen LogP contribution in [0.25, 0.3) is 22.0 Å². The van der Waals surface area contributed by atoms with Crippen molar-refractivity contribution in [1.29, 1.82) is 0 Å². The van der Waals surface area contributed by atoms with Gasteiger partial charge in [0.25, 0.3) is 0 Å². The van der Waals surface area contributed by atoms with Crippen molar-refractivity contribution in [2.75, 3.05) is 26.2 Å². The summed E-state index contributed by atoms with van der Waals surface area (Å²) >= 11 is 0. The summed E-state index contributed by atoms with van der Waals surface area (Å²) in [6.45, 7) is -0.384. The van der Waals surface area contributed by atoms with Gasteiger partial charge >= 0.3 is 12.1 Å². The number of alkyl halides is 3. The molecule has 1 aromatic heterocycles. The Morgan fingerprint density at radius 1 is 1.12 bits per heavy atom. The number of hydrogen-bond acceptors (Lipinski definition) is 5. The number of aromatic nitrogens is 1. The zero-order valence-corrected chi connectivity index (χ0v) is 21.5. The van der Waals surface area contributed by atoms with Gasteiger partial charge in [0.2, 0.25) is 5.91 Å². The van der Waals surface area contributed by atoms with Gasteiger partial charge in [-0.15, -0.1) is 0 Å². The van der Waals surface area contributed by atoms with Crippen LogP contribution in [0.3, 0.4) is 0 Å². The Morgan fingerprint density at radius 3 is 2.45 bits per heavy atom. The van der Waals surface area contributed by atoms with E-state index in [-0.39, 0.29) is 18.1 Å². The molecule has 3 aromatic rings. The van der Waals surface area contributed by atoms with Gasteiger partial charge < -0.3 is 14.7 Å². The summed E-state index contributed by atoms with van der Waals surface area (Å²) in [6, 6.07) is 14.7. The summed E-state index contributed by atoms with van der Waals surface area (Å²) in [6.07, 6.45) is -0.00462. The fourth-order valence-corrected chi connectivity index (χ4v) is 4.99. The van der Waals surface area contributed by atoms with Crippen LogP contribution in [-0.2, 0) is 20.8 Å². The predicted octanol–water partition coefficient (Wildman–Crippen LogP) is 5.03. The largest absolute Gasteiger partial charge is 0.490 e. The molecule has 0 radical (unpaired) electrons. The minimum absolute atomic E-state index is 0.0375. The summed E-state index contributed by atoms with van der Waals surface area (Å²) in [5, 5.41) is 8.14. The molecule has 7 nitrogen and oxygen atoms in total. The fourth-order valence-electron chi connectivity index (χ4n) is 4.99. The normalized spacial score (nSPS) is 20.5. The highest BCUT2D eigenvalue weighted by atomic mass is 19.4. The van der Waals surface area contributed by atoms with Crippen molar-refractivity contribution in [3.8, 4) is 11.1 Å². The first-order valence-corrected chi connectivity index (χ1v) is 12.9. The average molecular weight is 562 g/mol. The Labute approximate surface area is 231 Å². The van der Waals surface area contributed by atoms with E-state index < -0.39 is 30.1 Å². The van der Waals surface area contributed by atoms with Crippen molar-refractivity contribution in [2.45, 2.75) is 50.0 Å². The second-order valence-corrected chi connectivity index (χ2v) is 10.2. The van der Waals surface area contributed by atoms with Crippen LogP contribution in [0.4, 0.5) is 17.6 Å². The highest BCUT2D eigenvalue weighted by Gasteiger charge is 2.46. The molecule has 11 heteroatoms. The van der Waals surface area contributed by atoms with E-state index in [0.717, 1.165) is 29.3 Å². The molecular weight excluding hydrogens is 530 g/mol. The Balaban J connectivity index is 0.000000451. The van der Waals surface area contributed by atoms with Crippen LogP contribution in [0, 0.1) is 5.82 Å². The van der Waals surface area contributed by atoms with Crippen LogP contribution in [0.1, 0.15) is 34.0 Å². The van der Waals surface area contributed by atoms with E-state index in [1.807, 2.05) is 35.2 Å². The highest BCUT2D eigenvalue weighted by Crippen LogP contribution is 2.36. The quantitative estimate of drug-likeness (QED) is 0.450. The van der Waals surface area contributed by atoms with Gasteiger partial charge in [-0.3, -0.25) is 14.7 Å². The zero-order chi connectivity index (χ0) is 30.3. The number of morpholine rings is 1. The number of hydrogen-bond donors (Lipinski definition) is 1. The Hall–Kier alpha value is -3.57. The molecule has 1 amide bonds. The molecule has 1 spiro atoms. The second kappa shape index (κ2) is 11.1. The summed E-state index contributed by atoms with van der Waals surface area (Å²) < 4.78 is 70.6. The third kappa shape index (κ3) is 6.42. The number of pyridine rings is 1. The number of carboxylic acid groups (broad SMARTS) is 1. The standard InChI is InChI=1S/C27H28FN3O2.C2HF3O2/c28-24-14-20(21-4-3-19-2-1-11-29-25(19)15-21)5-6-22(24)16-30-12-9-27(10-13-30)18-31(23-7-8-23)26(32)17-33-27;3-2(4,5)1(6)7/h1-6,11,14-15,23H,7-10,12-13,16-18H2;(H,6,7)/i16D2;. The summed E-state index contributed by atoms with van der Waals surface area (Å²) in [5.41, 5.74) is 1.98. The van der Waals surface area contributed by atoms with Crippen molar-refractivity contribution < 1.29 is 39.7 Å². The van der Waals surface area contributed by atoms with Crippen molar-refractivity contribution in [3.63, 3.8) is 0 Å². The van der Waals surface area contributed by atoms with Gasteiger partial charge in [-0.1, -0.05) is 30.3 Å². The van der Waals surface area contributed by atoms with Crippen LogP contribution in [0.15, 0.2) is 54.7 Å². The number of carbonyl (C=O) groups is 2. The third-order valence-electron chi connectivity index (χ3n) is 7.37. The number of likely N-dealkylation sites (tertiary alicyclic amines) is 1. The smallest absolute Gasteiger partial charge is 0.475 e. The van der Waals surface area contributed by atoms with Gasteiger partial charge in [-0.2, -0.15) is 13.2 Å². The lowest BCUT2D eigenvalue weighted by atomic mass is 9.89. The van der Waals surface area contributed by atoms with Crippen molar-refractivity contribution in [2.24, 2.45) is 0 Å². The highest BCUT2D eigenvalue weighted by molar-refractivity contribution is 5.84. The number of piperidine rings is 1. The van der Waals surface area contributed by atoms with E-state index in [1.165, 1.54) is 6.07 Å². The Morgan fingerprint density at radius 2 is 1.80 bits per heavy atom. The van der Waals surface area contributed by atoms with Crippen LogP contribution in [0.2, 0.25) is 0 Å². The predicted molar refractivity (Wildman–Crippen MR) is 139 cm³/mol. The molecule has 3 heterocycles. The second-order valence-electron chi connectivity index (χ2n) is 10.2. The SMILES string of the molecule is O=C(O)C(F)(F)F.[2H]C([2H])(c1ccc(-c2ccc3cccnc3c2)cc1F)N1CCC2(CC1)CN(C1CC1)C(=O)CO2. The third-order valence-corrected chi connectivity index (χ3v) is 7.37. The van der Waals surface area contributed by atoms with Gasteiger partial charge in [0, 0.05) is 45.5 Å². The maximum atomic E-state index is 15.3. The molecule has 40 heavy (non-hydrogen) atoms. The lowest BCUT2D eigenvalue weighted by Gasteiger charge is -2.47. The molecule has 2 aliphatic heterocycles. The Bertz CT molecular complexity index is 1490. The lowest BCUT2D eigenvalue weighted by Crippen LogP contribution is -2.59. The molecule has 1 saturated carbocycles. The Kier molecular flexibility index (Phi) is 7.07. The van der Waals surface area contributed by atoms with Crippen LogP contribution in [0.5, 0.6) is 0 Å². The van der Waals surface area contributed by atoms with E-state index in [9.17, 15) is 18.0 Å². The van der Waals surface area contributed by atoms with Crippen molar-refractivity contribution >= 4 is 22.8 Å². The minimum Gasteiger partial charge on any atom is -0.475 e. The molecule has 2 aromatic carbocycles. The molecule has 1 N–H and O–H groups in total. The van der Waals surface area contributed by atoms with Gasteiger partial charge in [-0.25, -0.2) is 9.18 Å². The minimum atomic E-state index is -5.08. The first-order chi connectivity index (χ1) is 19.8. The van der Waals surface area contributed by atoms with Crippen LogP contribution < -0.4 is 0 Å². The maximum absolute atomic E-state index is 15.3. The number of nitrogens with zero attached hydrogens (tertiary/aromatic N) is 3. The monoisotopic (exact) mass is 561 g/mol. The van der Waals surface area contributed by atoms with E-state index in [0.29, 0.717) is 44.1 Å². The summed E-state index contributed by atoms with van der Waals surface area (Å²) in [7, 11) is 0. The van der Waals surface area contributed by atoms with Crippen molar-refractivity contribution in [3.05, 3.63) is 66.1 Å². The number of halogens is 4. The summed E-state index contributed by atoms with van der Waals surface area (Å²) in [4.78, 5) is 29.1. The van der Waals surface area contributed by atoms with Crippen LogP contribution >= 0.6 is 0 Å². The van der Waals surface area contributed by atoms with Gasteiger partial charge in [-0.05, 0) is 55.0 Å². The maximum Gasteiger partial charge on any atom is 0.490 e. The van der Waals surface area contributed by atoms with E-state index >= 15 is 4.39 Å². The number of benzene rings is 2. The van der Waals surface area contributed by atoms with Gasteiger partial charge in [0.1, 0.15) is 12.4 Å². The van der Waals surface area contributed by atoms with Gasteiger partial charge in [0.05, 0.1) is 17.7 Å². The molecule has 3 fully saturated rings. The first kappa shape index (κ1) is 25.4. The number of rotatable bonds is 4. The van der Waals surface area contributed by atoms with E-state index in [2.05, 4.69) is 4.98 Å². The zero-order valence-electron chi connectivity index (χ0n) is 23.5. The molecule has 1 aliphatic carbocycles. The van der Waals surface area contributed by atoms with Crippen LogP contribution in [-0.4, -0.2) is 75.8 Å². The number of carboxylic acids is 1. The first-order valence-electron chi connectivity index (χ1n) is 13.9. The lowest BCUT2D eigenvalue weighted by molar-refractivity contribution is -0.192. The molecule has 3 aliphatic rings.